The topological polar surface area (TPSA) is 86.8 Å². The summed E-state index contributed by atoms with van der Waals surface area (Å²) in [5.41, 5.74) is 2.30. The molecule has 0 aromatic heterocycles. The lowest BCUT2D eigenvalue weighted by molar-refractivity contribution is -0.129. The first kappa shape index (κ1) is 23.2. The summed E-state index contributed by atoms with van der Waals surface area (Å²) in [7, 11) is -3.61. The van der Waals surface area contributed by atoms with Crippen molar-refractivity contribution >= 4 is 33.6 Å². The predicted octanol–water partition coefficient (Wildman–Crippen LogP) is 4.15. The second-order valence-electron chi connectivity index (χ2n) is 8.49. The van der Waals surface area contributed by atoms with Gasteiger partial charge in [-0.05, 0) is 48.2 Å². The summed E-state index contributed by atoms with van der Waals surface area (Å²) in [5, 5.41) is 2.82. The third-order valence-corrected chi connectivity index (χ3v) is 8.06. The van der Waals surface area contributed by atoms with Gasteiger partial charge < -0.3 is 10.2 Å². The number of benzene rings is 2. The molecule has 0 radical (unpaired) electrons. The average Bonchev–Trinajstić information content (AvgIpc) is 3.09. The lowest BCUT2D eigenvalue weighted by Gasteiger charge is -2.32. The van der Waals surface area contributed by atoms with Crippen molar-refractivity contribution in [3.8, 4) is 0 Å². The molecular weight excluding hydrogens is 438 g/mol. The van der Waals surface area contributed by atoms with Crippen molar-refractivity contribution in [2.75, 3.05) is 18.4 Å². The molecule has 33 heavy (non-hydrogen) atoms. The van der Waals surface area contributed by atoms with Crippen LogP contribution in [0.1, 0.15) is 56.2 Å². The Labute approximate surface area is 195 Å². The van der Waals surface area contributed by atoms with E-state index in [-0.39, 0.29) is 23.1 Å². The van der Waals surface area contributed by atoms with Crippen molar-refractivity contribution in [1.29, 1.82) is 0 Å². The van der Waals surface area contributed by atoms with Gasteiger partial charge in [-0.2, -0.15) is 4.31 Å². The van der Waals surface area contributed by atoms with Crippen LogP contribution in [0.3, 0.4) is 0 Å². The highest BCUT2D eigenvalue weighted by Crippen LogP contribution is 2.33. The number of hydrogen-bond donors (Lipinski definition) is 1. The number of nitrogens with one attached hydrogen (secondary N) is 1. The zero-order chi connectivity index (χ0) is 23.4. The van der Waals surface area contributed by atoms with Crippen LogP contribution in [0.2, 0.25) is 0 Å². The van der Waals surface area contributed by atoms with Gasteiger partial charge in [0.05, 0.1) is 17.4 Å². The quantitative estimate of drug-likeness (QED) is 0.716. The molecule has 2 amide bonds. The molecule has 8 heteroatoms. The van der Waals surface area contributed by atoms with Crippen LogP contribution in [0.4, 0.5) is 5.69 Å². The molecule has 4 rings (SSSR count). The Balaban J connectivity index is 1.51. The molecule has 1 fully saturated rings. The van der Waals surface area contributed by atoms with Gasteiger partial charge in [0.2, 0.25) is 21.8 Å². The summed E-state index contributed by atoms with van der Waals surface area (Å²) in [5.74, 6) is -0.440. The normalized spacial score (nSPS) is 18.9. The van der Waals surface area contributed by atoms with Crippen LogP contribution >= 0.6 is 0 Å². The Hall–Kier alpha value is -2.97. The van der Waals surface area contributed by atoms with Crippen LogP contribution in [-0.2, 0) is 19.6 Å². The van der Waals surface area contributed by atoms with Gasteiger partial charge in [-0.3, -0.25) is 9.59 Å². The Morgan fingerprint density at radius 3 is 2.45 bits per heavy atom. The maximum Gasteiger partial charge on any atom is 0.243 e. The SMILES string of the molecule is CC(=O)N1C=Cc2ccccc2[C@@H]1CC(=O)Nc1cccc(S(=O)(=O)N2CCCCCC2)c1. The fraction of sp³-hybridized carbons (Fsp3) is 0.360. The van der Waals surface area contributed by atoms with Gasteiger partial charge in [-0.1, -0.05) is 43.2 Å². The highest BCUT2D eigenvalue weighted by molar-refractivity contribution is 7.89. The van der Waals surface area contributed by atoms with E-state index in [9.17, 15) is 18.0 Å². The van der Waals surface area contributed by atoms with E-state index < -0.39 is 16.1 Å². The number of fused-ring (bicyclic) bond motifs is 1. The minimum absolute atomic E-state index is 0.0596. The van der Waals surface area contributed by atoms with E-state index >= 15 is 0 Å². The molecule has 7 nitrogen and oxygen atoms in total. The molecule has 0 aliphatic carbocycles. The molecule has 1 N–H and O–H groups in total. The number of anilines is 1. The lowest BCUT2D eigenvalue weighted by atomic mass is 9.93. The summed E-state index contributed by atoms with van der Waals surface area (Å²) in [6.07, 6.45) is 7.43. The third-order valence-electron chi connectivity index (χ3n) is 6.17. The Morgan fingerprint density at radius 2 is 1.73 bits per heavy atom. The first-order chi connectivity index (χ1) is 15.9. The van der Waals surface area contributed by atoms with Gasteiger partial charge in [0.25, 0.3) is 0 Å². The highest BCUT2D eigenvalue weighted by Gasteiger charge is 2.29. The number of carbonyl (C=O) groups excluding carboxylic acids is 2. The van der Waals surface area contributed by atoms with E-state index in [1.807, 2.05) is 30.3 Å². The summed E-state index contributed by atoms with van der Waals surface area (Å²) in [4.78, 5) is 26.8. The summed E-state index contributed by atoms with van der Waals surface area (Å²) >= 11 is 0. The van der Waals surface area contributed by atoms with Gasteiger partial charge >= 0.3 is 0 Å². The van der Waals surface area contributed by atoms with Crippen molar-refractivity contribution < 1.29 is 18.0 Å². The molecule has 2 heterocycles. The van der Waals surface area contributed by atoms with E-state index in [1.165, 1.54) is 17.3 Å². The van der Waals surface area contributed by atoms with Crippen LogP contribution in [0.25, 0.3) is 6.08 Å². The van der Waals surface area contributed by atoms with E-state index in [2.05, 4.69) is 5.32 Å². The molecule has 0 bridgehead atoms. The Morgan fingerprint density at radius 1 is 1.00 bits per heavy atom. The monoisotopic (exact) mass is 467 g/mol. The van der Waals surface area contributed by atoms with Gasteiger partial charge in [0.15, 0.2) is 0 Å². The number of sulfonamides is 1. The smallest absolute Gasteiger partial charge is 0.243 e. The van der Waals surface area contributed by atoms with Crippen LogP contribution in [0, 0.1) is 0 Å². The van der Waals surface area contributed by atoms with Crippen molar-refractivity contribution in [3.05, 3.63) is 65.9 Å². The van der Waals surface area contributed by atoms with Crippen molar-refractivity contribution in [2.24, 2.45) is 0 Å². The first-order valence-electron chi connectivity index (χ1n) is 11.3. The maximum absolute atomic E-state index is 13.1. The second-order valence-corrected chi connectivity index (χ2v) is 10.4. The fourth-order valence-electron chi connectivity index (χ4n) is 4.47. The molecule has 0 unspecified atom stereocenters. The van der Waals surface area contributed by atoms with Gasteiger partial charge in [0.1, 0.15) is 0 Å². The van der Waals surface area contributed by atoms with Crippen LogP contribution in [0.5, 0.6) is 0 Å². The second kappa shape index (κ2) is 9.89. The molecule has 1 atom stereocenters. The number of nitrogens with zero attached hydrogens (tertiary/aromatic N) is 2. The van der Waals surface area contributed by atoms with E-state index in [0.29, 0.717) is 18.8 Å². The van der Waals surface area contributed by atoms with Crippen molar-refractivity contribution in [3.63, 3.8) is 0 Å². The van der Waals surface area contributed by atoms with Crippen molar-refractivity contribution in [2.45, 2.75) is 50.0 Å². The third kappa shape index (κ3) is 5.17. The molecule has 2 aliphatic heterocycles. The van der Waals surface area contributed by atoms with Crippen molar-refractivity contribution in [1.82, 2.24) is 9.21 Å². The zero-order valence-electron chi connectivity index (χ0n) is 18.7. The largest absolute Gasteiger partial charge is 0.326 e. The maximum atomic E-state index is 13.1. The lowest BCUT2D eigenvalue weighted by Crippen LogP contribution is -2.33. The molecule has 2 aliphatic rings. The zero-order valence-corrected chi connectivity index (χ0v) is 19.6. The summed E-state index contributed by atoms with van der Waals surface area (Å²) in [6.45, 7) is 2.52. The van der Waals surface area contributed by atoms with E-state index in [0.717, 1.165) is 36.8 Å². The van der Waals surface area contributed by atoms with Crippen LogP contribution in [-0.4, -0.2) is 42.5 Å². The standard InChI is InChI=1S/C25H29N3O4S/c1-19(29)28-16-13-20-9-4-5-12-23(20)24(28)18-25(30)26-21-10-8-11-22(17-21)33(31,32)27-14-6-2-3-7-15-27/h4-5,8-13,16-17,24H,2-3,6-7,14-15,18H2,1H3,(H,26,30)/t24-/m0/s1. The Kier molecular flexibility index (Phi) is 6.95. The van der Waals surface area contributed by atoms with Crippen LogP contribution < -0.4 is 5.32 Å². The average molecular weight is 468 g/mol. The Bertz CT molecular complexity index is 1170. The summed E-state index contributed by atoms with van der Waals surface area (Å²) < 4.78 is 27.8. The number of rotatable bonds is 5. The molecular formula is C25H29N3O4S. The van der Waals surface area contributed by atoms with Gasteiger partial charge in [0, 0.05) is 31.9 Å². The minimum atomic E-state index is -3.61. The van der Waals surface area contributed by atoms with E-state index in [4.69, 9.17) is 0 Å². The van der Waals surface area contributed by atoms with Gasteiger partial charge in [-0.15, -0.1) is 0 Å². The molecule has 2 aromatic carbocycles. The van der Waals surface area contributed by atoms with Gasteiger partial charge in [-0.25, -0.2) is 8.42 Å². The molecule has 0 spiro atoms. The number of amides is 2. The first-order valence-corrected chi connectivity index (χ1v) is 12.8. The number of hydrogen-bond acceptors (Lipinski definition) is 4. The molecule has 0 saturated carbocycles. The van der Waals surface area contributed by atoms with Crippen LogP contribution in [0.15, 0.2) is 59.6 Å². The fourth-order valence-corrected chi connectivity index (χ4v) is 6.03. The predicted molar refractivity (Wildman–Crippen MR) is 128 cm³/mol. The molecule has 2 aromatic rings. The summed E-state index contributed by atoms with van der Waals surface area (Å²) in [6, 6.07) is 13.6. The number of carbonyl (C=O) groups is 2. The molecule has 174 valence electrons. The minimum Gasteiger partial charge on any atom is -0.326 e. The highest BCUT2D eigenvalue weighted by atomic mass is 32.2. The van der Waals surface area contributed by atoms with E-state index in [1.54, 1.807) is 29.3 Å². The molecule has 1 saturated heterocycles.